The number of ether oxygens (including phenoxy) is 4. The zero-order valence-corrected chi connectivity index (χ0v) is 29.2. The molecule has 4 nitrogen and oxygen atoms in total. The molecule has 9 heteroatoms. The third kappa shape index (κ3) is 10.9. The van der Waals surface area contributed by atoms with Gasteiger partial charge in [0.1, 0.15) is 0 Å². The van der Waals surface area contributed by atoms with Gasteiger partial charge in [0, 0.05) is 0 Å². The van der Waals surface area contributed by atoms with Gasteiger partial charge in [-0.25, -0.2) is 0 Å². The molecule has 0 amide bonds. The van der Waals surface area contributed by atoms with E-state index in [2.05, 4.69) is 13.8 Å². The molecule has 212 valence electrons. The third-order valence-corrected chi connectivity index (χ3v) is 15.2. The molecule has 0 fully saturated rings. The van der Waals surface area contributed by atoms with Crippen molar-refractivity contribution in [3.8, 4) is 23.0 Å². The molecule has 2 rings (SSSR count). The summed E-state index contributed by atoms with van der Waals surface area (Å²) in [6.07, 6.45) is 15.8. The molecular formula is C28H46O4S4Te. The van der Waals surface area contributed by atoms with E-state index in [-0.39, 0.29) is 0 Å². The van der Waals surface area contributed by atoms with Crippen LogP contribution in [0, 0.1) is 0 Å². The predicted octanol–water partition coefficient (Wildman–Crippen LogP) is 8.40. The van der Waals surface area contributed by atoms with E-state index in [4.69, 9.17) is 18.9 Å². The van der Waals surface area contributed by atoms with Gasteiger partial charge in [0.2, 0.25) is 0 Å². The van der Waals surface area contributed by atoms with Crippen LogP contribution in [0.25, 0.3) is 0 Å². The molecule has 0 N–H and O–H groups in total. The molecule has 0 bridgehead atoms. The topological polar surface area (TPSA) is 36.9 Å². The zero-order chi connectivity index (χ0) is 26.9. The van der Waals surface area contributed by atoms with Crippen LogP contribution in [0.15, 0.2) is 8.42 Å². The second-order valence-corrected chi connectivity index (χ2v) is 18.1. The second kappa shape index (κ2) is 20.0. The van der Waals surface area contributed by atoms with Crippen LogP contribution >= 0.6 is 46.2 Å². The van der Waals surface area contributed by atoms with E-state index >= 15 is 0 Å². The van der Waals surface area contributed by atoms with Crippen LogP contribution in [-0.2, 0) is 0 Å². The van der Waals surface area contributed by atoms with Crippen molar-refractivity contribution in [2.45, 2.75) is 99.3 Å². The van der Waals surface area contributed by atoms with Gasteiger partial charge in [-0.3, -0.25) is 0 Å². The molecule has 37 heavy (non-hydrogen) atoms. The molecule has 0 aliphatic carbocycles. The molecular weight excluding hydrogens is 656 g/mol. The van der Waals surface area contributed by atoms with E-state index in [1.54, 1.807) is 28.4 Å². The number of hydrogen-bond donors (Lipinski definition) is 0. The van der Waals surface area contributed by atoms with Crippen LogP contribution in [0.3, 0.4) is 0 Å². The fraction of sp³-hybridized carbons (Fsp3) is 0.714. The van der Waals surface area contributed by atoms with Gasteiger partial charge < -0.3 is 0 Å². The Morgan fingerprint density at radius 3 is 1.22 bits per heavy atom. The van der Waals surface area contributed by atoms with E-state index in [0.29, 0.717) is 0 Å². The van der Waals surface area contributed by atoms with Crippen LogP contribution in [0.1, 0.15) is 90.9 Å². The summed E-state index contributed by atoms with van der Waals surface area (Å²) < 4.78 is 28.5. The maximum absolute atomic E-state index is 5.88. The van der Waals surface area contributed by atoms with E-state index < -0.39 is 20.9 Å². The Kier molecular flexibility index (Phi) is 18.0. The Hall–Kier alpha value is 0.0896. The molecule has 2 aromatic rings. The van der Waals surface area contributed by atoms with Crippen molar-refractivity contribution in [3.05, 3.63) is 0 Å². The Morgan fingerprint density at radius 2 is 0.865 bits per heavy atom. The maximum atomic E-state index is 5.88. The molecule has 0 unspecified atom stereocenters. The first-order valence-corrected chi connectivity index (χ1v) is 19.5. The molecule has 0 spiro atoms. The summed E-state index contributed by atoms with van der Waals surface area (Å²) in [7, 11) is 7.04. The molecule has 0 aromatic carbocycles. The molecule has 0 aliphatic heterocycles. The van der Waals surface area contributed by atoms with E-state index in [0.717, 1.165) is 34.5 Å². The number of thioether (sulfide) groups is 2. The van der Waals surface area contributed by atoms with Crippen molar-refractivity contribution in [2.24, 2.45) is 0 Å². The first-order chi connectivity index (χ1) is 18.1. The van der Waals surface area contributed by atoms with Crippen molar-refractivity contribution in [1.29, 1.82) is 0 Å². The molecule has 0 atom stereocenters. The fourth-order valence-corrected chi connectivity index (χ4v) is 15.2. The van der Waals surface area contributed by atoms with Crippen LogP contribution in [0.5, 0.6) is 23.0 Å². The number of methoxy groups -OCH3 is 4. The predicted molar refractivity (Wildman–Crippen MR) is 168 cm³/mol. The summed E-state index contributed by atoms with van der Waals surface area (Å²) >= 11 is 6.81. The third-order valence-electron chi connectivity index (χ3n) is 5.99. The first-order valence-electron chi connectivity index (χ1n) is 13.6. The van der Waals surface area contributed by atoms with Gasteiger partial charge in [-0.2, -0.15) is 0 Å². The molecule has 2 aromatic heterocycles. The quantitative estimate of drug-likeness (QED) is 0.0698. The van der Waals surface area contributed by atoms with Crippen LogP contribution < -0.4 is 24.8 Å². The van der Waals surface area contributed by atoms with Crippen molar-refractivity contribution in [1.82, 2.24) is 0 Å². The van der Waals surface area contributed by atoms with Crippen molar-refractivity contribution >= 4 is 73.0 Å². The summed E-state index contributed by atoms with van der Waals surface area (Å²) in [6, 6.07) is 0. The van der Waals surface area contributed by atoms with Gasteiger partial charge in [-0.05, 0) is 0 Å². The van der Waals surface area contributed by atoms with Gasteiger partial charge in [0.25, 0.3) is 0 Å². The summed E-state index contributed by atoms with van der Waals surface area (Å²) in [4.78, 5) is 0. The normalized spacial score (nSPS) is 11.2. The van der Waals surface area contributed by atoms with Crippen LogP contribution in [0.2, 0.25) is 0 Å². The molecule has 0 radical (unpaired) electrons. The first kappa shape index (κ1) is 33.3. The Bertz CT molecular complexity index is 814. The minimum atomic E-state index is -0.718. The van der Waals surface area contributed by atoms with E-state index in [1.165, 1.54) is 91.3 Å². The molecule has 2 heterocycles. The van der Waals surface area contributed by atoms with Gasteiger partial charge in [0.05, 0.1) is 0 Å². The number of hydrogen-bond acceptors (Lipinski definition) is 8. The van der Waals surface area contributed by atoms with Crippen molar-refractivity contribution in [2.75, 3.05) is 39.9 Å². The molecule has 0 saturated heterocycles. The SMILES string of the molecule is CCCCCCCCSc1sc([Te]c2sc(SCCCCCCCC)c(OC)c2OC)c(OC)c1OC. The van der Waals surface area contributed by atoms with Crippen molar-refractivity contribution < 1.29 is 18.9 Å². The average molecular weight is 703 g/mol. The van der Waals surface area contributed by atoms with Crippen LogP contribution in [0.4, 0.5) is 0 Å². The van der Waals surface area contributed by atoms with E-state index in [1.807, 2.05) is 46.2 Å². The van der Waals surface area contributed by atoms with Gasteiger partial charge in [-0.1, -0.05) is 0 Å². The van der Waals surface area contributed by atoms with Gasteiger partial charge in [-0.15, -0.1) is 0 Å². The monoisotopic (exact) mass is 704 g/mol. The van der Waals surface area contributed by atoms with E-state index in [9.17, 15) is 0 Å². The molecule has 0 saturated carbocycles. The van der Waals surface area contributed by atoms with Gasteiger partial charge >= 0.3 is 254 Å². The van der Waals surface area contributed by atoms with Crippen molar-refractivity contribution in [3.63, 3.8) is 0 Å². The summed E-state index contributed by atoms with van der Waals surface area (Å²) in [5, 5.41) is 0. The fourth-order valence-electron chi connectivity index (χ4n) is 3.93. The average Bonchev–Trinajstić information content (AvgIpc) is 3.43. The summed E-state index contributed by atoms with van der Waals surface area (Å²) in [6.45, 7) is 4.54. The van der Waals surface area contributed by atoms with Gasteiger partial charge in [0.15, 0.2) is 0 Å². The number of unbranched alkanes of at least 4 members (excludes halogenated alkanes) is 10. The standard InChI is InChI=1S/C28H46O4S4Te/c1-7-9-11-13-15-17-19-33-25-21(29-3)23(31-5)27(35-25)37-28-24(32-6)22(30-4)26(36-28)34-20-18-16-14-12-10-8-2/h7-20H2,1-6H3. The molecule has 0 aliphatic rings. The van der Waals surface area contributed by atoms with Crippen LogP contribution in [-0.4, -0.2) is 60.9 Å². The summed E-state index contributed by atoms with van der Waals surface area (Å²) in [5.74, 6) is 5.89. The minimum absolute atomic E-state index is 0.718. The Balaban J connectivity index is 2.07. The Morgan fingerprint density at radius 1 is 0.514 bits per heavy atom. The number of rotatable bonds is 22. The summed E-state index contributed by atoms with van der Waals surface area (Å²) in [5.41, 5.74) is 0. The Labute approximate surface area is 252 Å². The second-order valence-electron chi connectivity index (χ2n) is 8.82. The zero-order valence-electron chi connectivity index (χ0n) is 23.6. The number of thiophene rings is 2.